The van der Waals surface area contributed by atoms with Gasteiger partial charge in [-0.2, -0.15) is 0 Å². The summed E-state index contributed by atoms with van der Waals surface area (Å²) in [6.07, 6.45) is 2.46. The van der Waals surface area contributed by atoms with Crippen molar-refractivity contribution in [1.29, 1.82) is 0 Å². The van der Waals surface area contributed by atoms with Crippen molar-refractivity contribution in [3.63, 3.8) is 0 Å². The largest absolute Gasteiger partial charge is 0.388 e. The van der Waals surface area contributed by atoms with Crippen molar-refractivity contribution in [2.45, 2.75) is 31.8 Å². The molecule has 108 valence electrons. The van der Waals surface area contributed by atoms with E-state index in [1.54, 1.807) is 0 Å². The van der Waals surface area contributed by atoms with E-state index in [0.717, 1.165) is 31.5 Å². The highest BCUT2D eigenvalue weighted by Crippen LogP contribution is 2.27. The second-order valence-electron chi connectivity index (χ2n) is 6.30. The SMILES string of the molecule is CC1(O)CCCN(C(=O)C2CNc3ccccc3C2)C1. The molecule has 0 aromatic heterocycles. The normalized spacial score (nSPS) is 29.5. The standard InChI is InChI=1S/C16H22N2O2/c1-16(20)7-4-8-18(11-16)15(19)13-9-12-5-2-3-6-14(12)17-10-13/h2-3,5-6,13,17,20H,4,7-11H2,1H3. The summed E-state index contributed by atoms with van der Waals surface area (Å²) < 4.78 is 0. The molecule has 2 aliphatic rings. The first-order valence-corrected chi connectivity index (χ1v) is 7.38. The van der Waals surface area contributed by atoms with E-state index in [4.69, 9.17) is 0 Å². The zero-order valence-electron chi connectivity index (χ0n) is 11.9. The van der Waals surface area contributed by atoms with Gasteiger partial charge in [0.15, 0.2) is 0 Å². The van der Waals surface area contributed by atoms with Gasteiger partial charge in [0.2, 0.25) is 5.91 Å². The van der Waals surface area contributed by atoms with Gasteiger partial charge in [0.1, 0.15) is 0 Å². The molecule has 0 aliphatic carbocycles. The van der Waals surface area contributed by atoms with Crippen LogP contribution in [0.25, 0.3) is 0 Å². The number of likely N-dealkylation sites (tertiary alicyclic amines) is 1. The topological polar surface area (TPSA) is 52.6 Å². The molecule has 1 fully saturated rings. The van der Waals surface area contributed by atoms with Gasteiger partial charge in [-0.25, -0.2) is 0 Å². The molecule has 1 aromatic rings. The van der Waals surface area contributed by atoms with Crippen LogP contribution < -0.4 is 5.32 Å². The number of benzene rings is 1. The Hall–Kier alpha value is -1.55. The van der Waals surface area contributed by atoms with E-state index in [1.165, 1.54) is 5.56 Å². The fraction of sp³-hybridized carbons (Fsp3) is 0.562. The van der Waals surface area contributed by atoms with Crippen molar-refractivity contribution in [1.82, 2.24) is 4.90 Å². The molecular formula is C16H22N2O2. The average molecular weight is 274 g/mol. The summed E-state index contributed by atoms with van der Waals surface area (Å²) >= 11 is 0. The minimum absolute atomic E-state index is 0.0150. The number of piperidine rings is 1. The van der Waals surface area contributed by atoms with Gasteiger partial charge in [0, 0.05) is 25.3 Å². The van der Waals surface area contributed by atoms with Gasteiger partial charge >= 0.3 is 0 Å². The van der Waals surface area contributed by atoms with Crippen molar-refractivity contribution in [2.75, 3.05) is 25.0 Å². The van der Waals surface area contributed by atoms with Crippen molar-refractivity contribution in [3.8, 4) is 0 Å². The highest BCUT2D eigenvalue weighted by molar-refractivity contribution is 5.81. The summed E-state index contributed by atoms with van der Waals surface area (Å²) in [5.41, 5.74) is 1.62. The Labute approximate surface area is 119 Å². The van der Waals surface area contributed by atoms with Crippen LogP contribution in [0.3, 0.4) is 0 Å². The van der Waals surface area contributed by atoms with Crippen LogP contribution in [0.2, 0.25) is 0 Å². The molecule has 0 saturated carbocycles. The molecule has 1 saturated heterocycles. The molecule has 2 atom stereocenters. The number of β-amino-alcohol motifs (C(OH)–C–C–N with tert-alkyl or cyclic N) is 1. The van der Waals surface area contributed by atoms with Crippen LogP contribution in [0, 0.1) is 5.92 Å². The van der Waals surface area contributed by atoms with Gasteiger partial charge in [0.05, 0.1) is 11.5 Å². The zero-order valence-corrected chi connectivity index (χ0v) is 11.9. The number of rotatable bonds is 1. The Morgan fingerprint density at radius 2 is 2.25 bits per heavy atom. The Morgan fingerprint density at radius 3 is 3.05 bits per heavy atom. The molecule has 2 unspecified atom stereocenters. The summed E-state index contributed by atoms with van der Waals surface area (Å²) in [7, 11) is 0. The molecule has 0 bridgehead atoms. The predicted octanol–water partition coefficient (Wildman–Crippen LogP) is 1.64. The maximum Gasteiger partial charge on any atom is 0.227 e. The van der Waals surface area contributed by atoms with E-state index in [-0.39, 0.29) is 11.8 Å². The van der Waals surface area contributed by atoms with E-state index < -0.39 is 5.60 Å². The molecule has 20 heavy (non-hydrogen) atoms. The fourth-order valence-corrected chi connectivity index (χ4v) is 3.28. The van der Waals surface area contributed by atoms with Crippen LogP contribution in [0.1, 0.15) is 25.3 Å². The van der Waals surface area contributed by atoms with Gasteiger partial charge in [-0.1, -0.05) is 18.2 Å². The number of anilines is 1. The number of fused-ring (bicyclic) bond motifs is 1. The molecule has 0 radical (unpaired) electrons. The lowest BCUT2D eigenvalue weighted by Crippen LogP contribution is -2.51. The van der Waals surface area contributed by atoms with E-state index in [9.17, 15) is 9.90 Å². The molecule has 0 spiro atoms. The smallest absolute Gasteiger partial charge is 0.227 e. The highest BCUT2D eigenvalue weighted by atomic mass is 16.3. The average Bonchev–Trinajstić information content (AvgIpc) is 2.45. The van der Waals surface area contributed by atoms with Crippen LogP contribution in [0.5, 0.6) is 0 Å². The van der Waals surface area contributed by atoms with Gasteiger partial charge in [-0.05, 0) is 37.8 Å². The lowest BCUT2D eigenvalue weighted by atomic mass is 9.90. The second kappa shape index (κ2) is 5.09. The lowest BCUT2D eigenvalue weighted by Gasteiger charge is -2.39. The molecule has 2 heterocycles. The highest BCUT2D eigenvalue weighted by Gasteiger charge is 2.34. The minimum Gasteiger partial charge on any atom is -0.388 e. The number of para-hydroxylation sites is 1. The predicted molar refractivity (Wildman–Crippen MR) is 78.6 cm³/mol. The van der Waals surface area contributed by atoms with Crippen LogP contribution in [0.15, 0.2) is 24.3 Å². The lowest BCUT2D eigenvalue weighted by molar-refractivity contribution is -0.141. The van der Waals surface area contributed by atoms with Crippen LogP contribution >= 0.6 is 0 Å². The third kappa shape index (κ3) is 2.66. The number of aliphatic hydroxyl groups is 1. The Bertz CT molecular complexity index is 513. The Morgan fingerprint density at radius 1 is 1.45 bits per heavy atom. The molecule has 4 heteroatoms. The number of carbonyl (C=O) groups excluding carboxylic acids is 1. The van der Waals surface area contributed by atoms with Crippen molar-refractivity contribution < 1.29 is 9.90 Å². The number of nitrogens with zero attached hydrogens (tertiary/aromatic N) is 1. The van der Waals surface area contributed by atoms with E-state index in [2.05, 4.69) is 17.4 Å². The fourth-order valence-electron chi connectivity index (χ4n) is 3.28. The molecule has 2 aliphatic heterocycles. The summed E-state index contributed by atoms with van der Waals surface area (Å²) in [4.78, 5) is 14.5. The molecule has 1 amide bonds. The molecule has 1 aromatic carbocycles. The number of hydrogen-bond acceptors (Lipinski definition) is 3. The Kier molecular flexibility index (Phi) is 3.42. The van der Waals surface area contributed by atoms with Gasteiger partial charge in [-0.3, -0.25) is 4.79 Å². The van der Waals surface area contributed by atoms with Gasteiger partial charge < -0.3 is 15.3 Å². The van der Waals surface area contributed by atoms with Crippen LogP contribution in [-0.2, 0) is 11.2 Å². The summed E-state index contributed by atoms with van der Waals surface area (Å²) in [6, 6.07) is 8.16. The van der Waals surface area contributed by atoms with Gasteiger partial charge in [0.25, 0.3) is 0 Å². The molecule has 2 N–H and O–H groups in total. The number of nitrogens with one attached hydrogen (secondary N) is 1. The quantitative estimate of drug-likeness (QED) is 0.818. The second-order valence-corrected chi connectivity index (χ2v) is 6.30. The molecule has 3 rings (SSSR count). The van der Waals surface area contributed by atoms with Crippen molar-refractivity contribution >= 4 is 11.6 Å². The van der Waals surface area contributed by atoms with Gasteiger partial charge in [-0.15, -0.1) is 0 Å². The van der Waals surface area contributed by atoms with Crippen LogP contribution in [0.4, 0.5) is 5.69 Å². The van der Waals surface area contributed by atoms with Crippen LogP contribution in [-0.4, -0.2) is 41.1 Å². The van der Waals surface area contributed by atoms with E-state index >= 15 is 0 Å². The first-order chi connectivity index (χ1) is 9.55. The third-order valence-electron chi connectivity index (χ3n) is 4.36. The summed E-state index contributed by atoms with van der Waals surface area (Å²) in [6.45, 7) is 3.74. The molecular weight excluding hydrogens is 252 g/mol. The van der Waals surface area contributed by atoms with E-state index in [0.29, 0.717) is 13.1 Å². The first kappa shape index (κ1) is 13.4. The zero-order chi connectivity index (χ0) is 14.2. The van der Waals surface area contributed by atoms with Crippen molar-refractivity contribution in [2.24, 2.45) is 5.92 Å². The van der Waals surface area contributed by atoms with Crippen molar-refractivity contribution in [3.05, 3.63) is 29.8 Å². The Balaban J connectivity index is 1.70. The summed E-state index contributed by atoms with van der Waals surface area (Å²) in [5.74, 6) is 0.158. The minimum atomic E-state index is -0.728. The maximum absolute atomic E-state index is 12.6. The monoisotopic (exact) mass is 274 g/mol. The first-order valence-electron chi connectivity index (χ1n) is 7.38. The number of amides is 1. The third-order valence-corrected chi connectivity index (χ3v) is 4.36. The van der Waals surface area contributed by atoms with E-state index in [1.807, 2.05) is 24.0 Å². The summed E-state index contributed by atoms with van der Waals surface area (Å²) in [5, 5.41) is 13.5. The maximum atomic E-state index is 12.6. The number of carbonyl (C=O) groups is 1. The number of hydrogen-bond donors (Lipinski definition) is 2. The molecule has 4 nitrogen and oxygen atoms in total.